The number of carbonyl (C=O) groups is 2. The summed E-state index contributed by atoms with van der Waals surface area (Å²) in [5.74, 6) is -0.866. The summed E-state index contributed by atoms with van der Waals surface area (Å²) in [6, 6.07) is 5.98. The predicted molar refractivity (Wildman–Crippen MR) is 115 cm³/mol. The highest BCUT2D eigenvalue weighted by Gasteiger charge is 2.67. The largest absolute Gasteiger partial charge is 0.497 e. The van der Waals surface area contributed by atoms with E-state index in [9.17, 15) is 19.8 Å². The van der Waals surface area contributed by atoms with Crippen LogP contribution in [0.25, 0.3) is 0 Å². The van der Waals surface area contributed by atoms with Crippen LogP contribution < -0.4 is 4.74 Å². The molecule has 1 aromatic rings. The van der Waals surface area contributed by atoms with E-state index in [2.05, 4.69) is 11.0 Å². The number of aliphatic hydroxyl groups is 1. The van der Waals surface area contributed by atoms with Gasteiger partial charge in [-0.2, -0.15) is 0 Å². The summed E-state index contributed by atoms with van der Waals surface area (Å²) in [5, 5.41) is 22.2. The zero-order chi connectivity index (χ0) is 22.0. The van der Waals surface area contributed by atoms with Crippen LogP contribution in [0, 0.1) is 17.8 Å². The first kappa shape index (κ1) is 21.0. The minimum Gasteiger partial charge on any atom is -0.497 e. The Hall–Kier alpha value is -1.92. The van der Waals surface area contributed by atoms with Gasteiger partial charge in [0.15, 0.2) is 0 Å². The second-order valence-corrected chi connectivity index (χ2v) is 10.2. The number of fused-ring (bicyclic) bond motifs is 1. The molecule has 1 heterocycles. The van der Waals surface area contributed by atoms with E-state index >= 15 is 0 Å². The fourth-order valence-electron chi connectivity index (χ4n) is 6.90. The van der Waals surface area contributed by atoms with Gasteiger partial charge in [0.2, 0.25) is 0 Å². The van der Waals surface area contributed by atoms with Crippen molar-refractivity contribution >= 4 is 11.8 Å². The Kier molecular flexibility index (Phi) is 4.94. The number of ketones is 1. The first-order valence-electron chi connectivity index (χ1n) is 11.7. The Labute approximate surface area is 183 Å². The van der Waals surface area contributed by atoms with Crippen molar-refractivity contribution in [2.24, 2.45) is 17.8 Å². The van der Waals surface area contributed by atoms with Gasteiger partial charge >= 0.3 is 5.97 Å². The molecule has 2 bridgehead atoms. The third-order valence-corrected chi connectivity index (χ3v) is 8.75. The fourth-order valence-corrected chi connectivity index (χ4v) is 6.90. The molecule has 1 aromatic carbocycles. The molecule has 6 heteroatoms. The van der Waals surface area contributed by atoms with Gasteiger partial charge in [-0.25, -0.2) is 0 Å². The van der Waals surface area contributed by atoms with Crippen molar-refractivity contribution < 1.29 is 24.5 Å². The highest BCUT2D eigenvalue weighted by Crippen LogP contribution is 2.60. The maximum Gasteiger partial charge on any atom is 0.307 e. The lowest BCUT2D eigenvalue weighted by Gasteiger charge is -2.64. The van der Waals surface area contributed by atoms with Crippen molar-refractivity contribution in [3.63, 3.8) is 0 Å². The van der Waals surface area contributed by atoms with E-state index in [-0.39, 0.29) is 24.7 Å². The number of aliphatic carboxylic acids is 1. The Morgan fingerprint density at radius 1 is 1.35 bits per heavy atom. The first-order chi connectivity index (χ1) is 14.8. The van der Waals surface area contributed by atoms with Gasteiger partial charge in [-0.1, -0.05) is 13.0 Å². The zero-order valence-corrected chi connectivity index (χ0v) is 18.5. The van der Waals surface area contributed by atoms with Gasteiger partial charge in [0.05, 0.1) is 18.6 Å². The Bertz CT molecular complexity index is 911. The smallest absolute Gasteiger partial charge is 0.307 e. The van der Waals surface area contributed by atoms with Gasteiger partial charge in [-0.05, 0) is 74.2 Å². The molecular formula is C25H33NO5. The number of benzene rings is 1. The third kappa shape index (κ3) is 3.05. The molecule has 5 rings (SSSR count). The number of carbonyl (C=O) groups excluding carboxylic acids is 1. The number of carboxylic acid groups (broad SMARTS) is 1. The second-order valence-electron chi connectivity index (χ2n) is 10.2. The van der Waals surface area contributed by atoms with Crippen LogP contribution in [0.4, 0.5) is 0 Å². The number of carboxylic acids is 1. The molecule has 2 N–H and O–H groups in total. The monoisotopic (exact) mass is 427 g/mol. The minimum atomic E-state index is -1.11. The lowest BCUT2D eigenvalue weighted by Crippen LogP contribution is -2.74. The summed E-state index contributed by atoms with van der Waals surface area (Å²) in [4.78, 5) is 27.8. The molecule has 0 aromatic heterocycles. The van der Waals surface area contributed by atoms with Gasteiger partial charge in [0, 0.05) is 30.3 Å². The van der Waals surface area contributed by atoms with Crippen molar-refractivity contribution in [2.45, 2.75) is 68.9 Å². The molecule has 168 valence electrons. The number of piperidine rings is 1. The Morgan fingerprint density at radius 2 is 2.13 bits per heavy atom. The number of methoxy groups -OCH3 is 1. The average Bonchev–Trinajstić information content (AvgIpc) is 3.55. The van der Waals surface area contributed by atoms with Crippen LogP contribution >= 0.6 is 0 Å². The number of nitrogens with zero attached hydrogens (tertiary/aromatic N) is 1. The van der Waals surface area contributed by atoms with Crippen molar-refractivity contribution in [1.29, 1.82) is 0 Å². The van der Waals surface area contributed by atoms with Crippen molar-refractivity contribution in [1.82, 2.24) is 4.90 Å². The lowest BCUT2D eigenvalue weighted by molar-refractivity contribution is -0.188. The third-order valence-electron chi connectivity index (χ3n) is 8.75. The average molecular weight is 428 g/mol. The maximum atomic E-state index is 13.4. The topological polar surface area (TPSA) is 87.1 Å². The number of ether oxygens (including phenoxy) is 1. The fraction of sp³-hybridized carbons (Fsp3) is 0.680. The summed E-state index contributed by atoms with van der Waals surface area (Å²) < 4.78 is 5.49. The molecule has 5 atom stereocenters. The molecule has 0 amide bonds. The van der Waals surface area contributed by atoms with Crippen LogP contribution in [0.2, 0.25) is 0 Å². The van der Waals surface area contributed by atoms with Gasteiger partial charge < -0.3 is 14.9 Å². The van der Waals surface area contributed by atoms with Gasteiger partial charge in [-0.3, -0.25) is 14.5 Å². The van der Waals surface area contributed by atoms with Gasteiger partial charge in [0.1, 0.15) is 11.5 Å². The van der Waals surface area contributed by atoms with Crippen LogP contribution in [0.15, 0.2) is 18.2 Å². The predicted octanol–water partition coefficient (Wildman–Crippen LogP) is 2.79. The van der Waals surface area contributed by atoms with E-state index in [1.54, 1.807) is 7.11 Å². The Balaban J connectivity index is 1.62. The number of Topliss-reactive ketones (excluding diaryl/α,β-unsaturated/α-hetero) is 1. The summed E-state index contributed by atoms with van der Waals surface area (Å²) in [5.41, 5.74) is 0.449. The highest BCUT2D eigenvalue weighted by molar-refractivity contribution is 5.89. The number of likely N-dealkylation sites (tertiary alicyclic amines) is 1. The molecule has 3 fully saturated rings. The molecule has 6 nitrogen and oxygen atoms in total. The summed E-state index contributed by atoms with van der Waals surface area (Å²) in [6.45, 7) is 3.68. The maximum absolute atomic E-state index is 13.4. The van der Waals surface area contributed by atoms with Crippen LogP contribution in [0.3, 0.4) is 0 Å². The number of hydrogen-bond donors (Lipinski definition) is 2. The van der Waals surface area contributed by atoms with Gasteiger partial charge in [0.25, 0.3) is 0 Å². The van der Waals surface area contributed by atoms with Crippen molar-refractivity contribution in [3.05, 3.63) is 29.3 Å². The number of rotatable bonds is 6. The Morgan fingerprint density at radius 3 is 2.77 bits per heavy atom. The number of hydrogen-bond acceptors (Lipinski definition) is 5. The summed E-state index contributed by atoms with van der Waals surface area (Å²) in [6.07, 6.45) is 4.79. The molecule has 0 spiro atoms. The molecule has 4 aliphatic rings. The van der Waals surface area contributed by atoms with E-state index < -0.39 is 28.8 Å². The first-order valence-corrected chi connectivity index (χ1v) is 11.7. The summed E-state index contributed by atoms with van der Waals surface area (Å²) in [7, 11) is 1.64. The van der Waals surface area contributed by atoms with Crippen LogP contribution in [-0.2, 0) is 21.4 Å². The molecule has 0 radical (unpaired) electrons. The quantitative estimate of drug-likeness (QED) is 0.726. The highest BCUT2D eigenvalue weighted by atomic mass is 16.5. The minimum absolute atomic E-state index is 0.0102. The van der Waals surface area contributed by atoms with E-state index in [1.807, 2.05) is 19.1 Å². The molecule has 1 unspecified atom stereocenters. The van der Waals surface area contributed by atoms with Gasteiger partial charge in [-0.15, -0.1) is 0 Å². The molecule has 1 aliphatic heterocycles. The summed E-state index contributed by atoms with van der Waals surface area (Å²) >= 11 is 0. The van der Waals surface area contributed by atoms with Crippen LogP contribution in [0.5, 0.6) is 5.75 Å². The van der Waals surface area contributed by atoms with E-state index in [0.717, 1.165) is 37.2 Å². The molecule has 1 saturated heterocycles. The SMILES string of the molecule is CCC(C(=O)O)[C@H]1C[C@@]2(O)[C@H]3Cc4ccc(OC)cc4[C@@]2(CCN3CC2CC2)CC1=O. The van der Waals surface area contributed by atoms with Crippen molar-refractivity contribution in [2.75, 3.05) is 20.2 Å². The van der Waals surface area contributed by atoms with E-state index in [1.165, 1.54) is 18.4 Å². The second kappa shape index (κ2) is 7.31. The van der Waals surface area contributed by atoms with Crippen LogP contribution in [-0.4, -0.2) is 58.7 Å². The van der Waals surface area contributed by atoms with E-state index in [4.69, 9.17) is 4.74 Å². The lowest BCUT2D eigenvalue weighted by atomic mass is 9.47. The molecule has 3 aliphatic carbocycles. The molecule has 2 saturated carbocycles. The zero-order valence-electron chi connectivity index (χ0n) is 18.5. The normalized spacial score (nSPS) is 35.8. The standard InChI is InChI=1S/C25H33NO5/c1-3-18(23(28)29)19-12-25(30)22-10-16-6-7-17(31-2)11-20(16)24(25,13-21(19)27)8-9-26(22)14-15-4-5-15/h6-7,11,15,18-19,22,30H,3-5,8-10,12-14H2,1-2H3,(H,28,29)/t18?,19-,22-,24-,25-/m1/s1. The van der Waals surface area contributed by atoms with Crippen LogP contribution in [0.1, 0.15) is 56.6 Å². The van der Waals surface area contributed by atoms with E-state index in [0.29, 0.717) is 12.3 Å². The molecule has 31 heavy (non-hydrogen) atoms. The molecular weight excluding hydrogens is 394 g/mol. The van der Waals surface area contributed by atoms with Crippen molar-refractivity contribution in [3.8, 4) is 5.75 Å².